The minimum atomic E-state index is -0.137. The third-order valence-corrected chi connectivity index (χ3v) is 5.68. The molecule has 7 nitrogen and oxygen atoms in total. The molecular weight excluding hydrogens is 398 g/mol. The molecule has 152 valence electrons. The van der Waals surface area contributed by atoms with Crippen LogP contribution in [0, 0.1) is 6.92 Å². The first-order chi connectivity index (χ1) is 14.6. The lowest BCUT2D eigenvalue weighted by molar-refractivity contribution is 0.416. The number of fused-ring (bicyclic) bond motifs is 1. The van der Waals surface area contributed by atoms with E-state index in [1.54, 1.807) is 19.3 Å². The van der Waals surface area contributed by atoms with Gasteiger partial charge in [0, 0.05) is 6.54 Å². The number of para-hydroxylation sites is 2. The Morgan fingerprint density at radius 3 is 2.83 bits per heavy atom. The topological polar surface area (TPSA) is 85.7 Å². The van der Waals surface area contributed by atoms with Crippen LogP contribution < -0.4 is 10.3 Å². The van der Waals surface area contributed by atoms with E-state index < -0.39 is 0 Å². The predicted octanol–water partition coefficient (Wildman–Crippen LogP) is 3.98. The molecule has 8 heteroatoms. The Labute approximate surface area is 177 Å². The molecule has 0 aliphatic rings. The summed E-state index contributed by atoms with van der Waals surface area (Å²) in [5, 5.41) is 10.0. The van der Waals surface area contributed by atoms with Crippen LogP contribution in [0.5, 0.6) is 5.75 Å². The molecule has 0 saturated carbocycles. The normalized spacial score (nSPS) is 11.0. The number of hydrogen-bond donors (Lipinski definition) is 1. The maximum atomic E-state index is 12.4. The lowest BCUT2D eigenvalue weighted by atomic mass is 10.1. The summed E-state index contributed by atoms with van der Waals surface area (Å²) in [4.78, 5) is 19.9. The van der Waals surface area contributed by atoms with Crippen LogP contribution in [0.3, 0.4) is 0 Å². The fraction of sp³-hybridized carbons (Fsp3) is 0.182. The van der Waals surface area contributed by atoms with Gasteiger partial charge in [-0.25, -0.2) is 4.98 Å². The largest absolute Gasteiger partial charge is 0.496 e. The zero-order chi connectivity index (χ0) is 21.1. The van der Waals surface area contributed by atoms with Crippen molar-refractivity contribution < 1.29 is 4.74 Å². The Balaban J connectivity index is 1.67. The second kappa shape index (κ2) is 8.54. The minimum absolute atomic E-state index is 0.137. The molecule has 0 unspecified atom stereocenters. The van der Waals surface area contributed by atoms with E-state index in [1.807, 2.05) is 47.9 Å². The molecule has 2 heterocycles. The number of ether oxygens (including phenoxy) is 1. The molecule has 4 rings (SSSR count). The van der Waals surface area contributed by atoms with E-state index >= 15 is 0 Å². The zero-order valence-electron chi connectivity index (χ0n) is 16.8. The van der Waals surface area contributed by atoms with Gasteiger partial charge in [-0.15, -0.1) is 16.8 Å². The van der Waals surface area contributed by atoms with E-state index in [2.05, 4.69) is 26.7 Å². The van der Waals surface area contributed by atoms with Crippen LogP contribution in [0.15, 0.2) is 65.1 Å². The molecule has 2 aromatic carbocycles. The van der Waals surface area contributed by atoms with E-state index in [1.165, 1.54) is 11.8 Å². The van der Waals surface area contributed by atoms with Crippen LogP contribution in [0.25, 0.3) is 22.3 Å². The van der Waals surface area contributed by atoms with Gasteiger partial charge in [0.05, 0.1) is 29.3 Å². The summed E-state index contributed by atoms with van der Waals surface area (Å²) in [5.41, 5.74) is 2.41. The molecule has 0 radical (unpaired) electrons. The van der Waals surface area contributed by atoms with Crippen molar-refractivity contribution in [1.29, 1.82) is 0 Å². The molecule has 0 atom stereocenters. The number of H-pyrrole nitrogens is 1. The van der Waals surface area contributed by atoms with Crippen molar-refractivity contribution in [2.45, 2.75) is 24.4 Å². The number of aryl methyl sites for hydroxylation is 1. The zero-order valence-corrected chi connectivity index (χ0v) is 17.6. The summed E-state index contributed by atoms with van der Waals surface area (Å²) in [5.74, 6) is 2.48. The number of benzene rings is 2. The Morgan fingerprint density at radius 2 is 2.03 bits per heavy atom. The van der Waals surface area contributed by atoms with Crippen LogP contribution in [-0.2, 0) is 12.3 Å². The number of nitrogens with zero attached hydrogens (tertiary/aromatic N) is 4. The van der Waals surface area contributed by atoms with Gasteiger partial charge in [-0.2, -0.15) is 0 Å². The summed E-state index contributed by atoms with van der Waals surface area (Å²) in [6, 6.07) is 13.3. The summed E-state index contributed by atoms with van der Waals surface area (Å²) >= 11 is 1.46. The minimum Gasteiger partial charge on any atom is -0.496 e. The van der Waals surface area contributed by atoms with E-state index in [-0.39, 0.29) is 5.56 Å². The molecule has 4 aromatic rings. The van der Waals surface area contributed by atoms with Crippen molar-refractivity contribution in [3.8, 4) is 17.1 Å². The van der Waals surface area contributed by atoms with Crippen molar-refractivity contribution in [2.75, 3.05) is 7.11 Å². The monoisotopic (exact) mass is 419 g/mol. The van der Waals surface area contributed by atoms with E-state index in [0.29, 0.717) is 34.5 Å². The quantitative estimate of drug-likeness (QED) is 0.360. The lowest BCUT2D eigenvalue weighted by Gasteiger charge is -2.10. The van der Waals surface area contributed by atoms with E-state index in [0.717, 1.165) is 22.4 Å². The lowest BCUT2D eigenvalue weighted by Crippen LogP contribution is -2.12. The SMILES string of the molecule is C=CCn1c(SCc2nc3c(C)cccc3c(=O)[nH]2)nnc1-c1ccccc1OC. The van der Waals surface area contributed by atoms with Gasteiger partial charge in [-0.05, 0) is 30.7 Å². The van der Waals surface area contributed by atoms with Crippen LogP contribution in [-0.4, -0.2) is 31.8 Å². The first kappa shape index (κ1) is 19.9. The molecule has 0 fully saturated rings. The molecule has 0 bridgehead atoms. The van der Waals surface area contributed by atoms with Gasteiger partial charge in [0.1, 0.15) is 11.6 Å². The summed E-state index contributed by atoms with van der Waals surface area (Å²) < 4.78 is 7.45. The highest BCUT2D eigenvalue weighted by molar-refractivity contribution is 7.98. The highest BCUT2D eigenvalue weighted by Gasteiger charge is 2.17. The number of nitrogens with one attached hydrogen (secondary N) is 1. The smallest absolute Gasteiger partial charge is 0.258 e. The van der Waals surface area contributed by atoms with Gasteiger partial charge in [-0.1, -0.05) is 42.1 Å². The first-order valence-corrected chi connectivity index (χ1v) is 10.4. The number of methoxy groups -OCH3 is 1. The first-order valence-electron chi connectivity index (χ1n) is 9.41. The Kier molecular flexibility index (Phi) is 5.67. The van der Waals surface area contributed by atoms with Crippen molar-refractivity contribution in [1.82, 2.24) is 24.7 Å². The fourth-order valence-electron chi connectivity index (χ4n) is 3.27. The van der Waals surface area contributed by atoms with Gasteiger partial charge in [0.2, 0.25) is 0 Å². The molecule has 30 heavy (non-hydrogen) atoms. The number of hydrogen-bond acceptors (Lipinski definition) is 6. The third kappa shape index (κ3) is 3.73. The average Bonchev–Trinajstić information content (AvgIpc) is 3.15. The van der Waals surface area contributed by atoms with Crippen LogP contribution in [0.4, 0.5) is 0 Å². The highest BCUT2D eigenvalue weighted by Crippen LogP contribution is 2.31. The molecule has 2 aromatic heterocycles. The van der Waals surface area contributed by atoms with E-state index in [4.69, 9.17) is 4.74 Å². The summed E-state index contributed by atoms with van der Waals surface area (Å²) in [6.45, 7) is 6.35. The van der Waals surface area contributed by atoms with Crippen LogP contribution in [0.2, 0.25) is 0 Å². The Bertz CT molecular complexity index is 1280. The number of aromatic nitrogens is 5. The predicted molar refractivity (Wildman–Crippen MR) is 119 cm³/mol. The van der Waals surface area contributed by atoms with Gasteiger partial charge in [0.25, 0.3) is 5.56 Å². The van der Waals surface area contributed by atoms with Crippen LogP contribution in [0.1, 0.15) is 11.4 Å². The van der Waals surface area contributed by atoms with Gasteiger partial charge >= 0.3 is 0 Å². The molecule has 0 aliphatic heterocycles. The second-order valence-corrected chi connectivity index (χ2v) is 7.62. The second-order valence-electron chi connectivity index (χ2n) is 6.68. The number of aromatic amines is 1. The summed E-state index contributed by atoms with van der Waals surface area (Å²) in [7, 11) is 1.63. The fourth-order valence-corrected chi connectivity index (χ4v) is 4.09. The third-order valence-electron chi connectivity index (χ3n) is 4.70. The number of rotatable bonds is 7. The summed E-state index contributed by atoms with van der Waals surface area (Å²) in [6.07, 6.45) is 1.80. The standard InChI is InChI=1S/C22H21N5O2S/c1-4-12-27-20(15-9-5-6-11-17(15)29-3)25-26-22(27)30-13-18-23-19-14(2)8-7-10-16(19)21(28)24-18/h4-11H,1,12-13H2,2-3H3,(H,23,24,28). The van der Waals surface area contributed by atoms with Crippen molar-refractivity contribution in [3.63, 3.8) is 0 Å². The van der Waals surface area contributed by atoms with Crippen molar-refractivity contribution in [3.05, 3.63) is 76.9 Å². The molecule has 0 spiro atoms. The number of allylic oxidation sites excluding steroid dienone is 1. The molecule has 1 N–H and O–H groups in total. The maximum absolute atomic E-state index is 12.4. The average molecular weight is 420 g/mol. The van der Waals surface area contributed by atoms with Gasteiger partial charge < -0.3 is 9.72 Å². The molecule has 0 aliphatic carbocycles. The molecule has 0 saturated heterocycles. The molecule has 0 amide bonds. The number of thioether (sulfide) groups is 1. The van der Waals surface area contributed by atoms with Gasteiger partial charge in [-0.3, -0.25) is 9.36 Å². The molecular formula is C22H21N5O2S. The van der Waals surface area contributed by atoms with E-state index in [9.17, 15) is 4.79 Å². The van der Waals surface area contributed by atoms with Gasteiger partial charge in [0.15, 0.2) is 11.0 Å². The van der Waals surface area contributed by atoms with Crippen molar-refractivity contribution >= 4 is 22.7 Å². The van der Waals surface area contributed by atoms with Crippen molar-refractivity contribution in [2.24, 2.45) is 0 Å². The Morgan fingerprint density at radius 1 is 1.20 bits per heavy atom. The van der Waals surface area contributed by atoms with Crippen LogP contribution >= 0.6 is 11.8 Å². The highest BCUT2D eigenvalue weighted by atomic mass is 32.2. The maximum Gasteiger partial charge on any atom is 0.258 e. The Hall–Kier alpha value is -3.39.